The predicted octanol–water partition coefficient (Wildman–Crippen LogP) is 5.86. The lowest BCUT2D eigenvalue weighted by Crippen LogP contribution is -2.13. The number of halogens is 4. The highest BCUT2D eigenvalue weighted by Gasteiger charge is 2.19. The molecular weight excluding hydrogens is 396 g/mol. The number of hydrogen-bond acceptors (Lipinski definition) is 2. The summed E-state index contributed by atoms with van der Waals surface area (Å²) >= 11 is 22.2. The predicted molar refractivity (Wildman–Crippen MR) is 92.8 cm³/mol. The van der Waals surface area contributed by atoms with Crippen molar-refractivity contribution in [3.63, 3.8) is 0 Å². The van der Waals surface area contributed by atoms with Crippen LogP contribution in [-0.2, 0) is 0 Å². The molecule has 2 aromatic rings. The van der Waals surface area contributed by atoms with Crippen LogP contribution in [-0.4, -0.2) is 6.61 Å². The monoisotopic (exact) mass is 407 g/mol. The zero-order valence-electron chi connectivity index (χ0n) is 11.2. The number of benzene rings is 2. The third-order valence-electron chi connectivity index (χ3n) is 3.00. The highest BCUT2D eigenvalue weighted by Crippen LogP contribution is 2.38. The van der Waals surface area contributed by atoms with Gasteiger partial charge in [0.15, 0.2) is 0 Å². The molecule has 0 amide bonds. The van der Waals surface area contributed by atoms with Crippen LogP contribution in [0.2, 0.25) is 15.1 Å². The number of ether oxygens (including phenoxy) is 1. The van der Waals surface area contributed by atoms with E-state index in [1.165, 1.54) is 0 Å². The molecule has 0 radical (unpaired) electrons. The lowest BCUT2D eigenvalue weighted by atomic mass is 9.99. The Morgan fingerprint density at radius 2 is 1.86 bits per heavy atom. The van der Waals surface area contributed by atoms with Crippen molar-refractivity contribution in [2.45, 2.75) is 13.0 Å². The Hall–Kier alpha value is -0.450. The van der Waals surface area contributed by atoms with E-state index in [1.54, 1.807) is 12.1 Å². The first kappa shape index (κ1) is 16.9. The highest BCUT2D eigenvalue weighted by molar-refractivity contribution is 9.10. The maximum absolute atomic E-state index is 6.30. The van der Waals surface area contributed by atoms with E-state index in [9.17, 15) is 0 Å². The third kappa shape index (κ3) is 3.66. The van der Waals surface area contributed by atoms with Gasteiger partial charge in [0.2, 0.25) is 0 Å². The molecule has 0 saturated carbocycles. The zero-order valence-corrected chi connectivity index (χ0v) is 15.0. The van der Waals surface area contributed by atoms with Gasteiger partial charge in [-0.25, -0.2) is 0 Å². The first-order chi connectivity index (χ1) is 9.95. The van der Waals surface area contributed by atoms with Crippen molar-refractivity contribution in [2.75, 3.05) is 6.61 Å². The van der Waals surface area contributed by atoms with Gasteiger partial charge in [-0.2, -0.15) is 0 Å². The minimum atomic E-state index is -0.476. The maximum atomic E-state index is 6.30. The quantitative estimate of drug-likeness (QED) is 0.687. The Morgan fingerprint density at radius 1 is 1.14 bits per heavy atom. The van der Waals surface area contributed by atoms with Crippen LogP contribution in [0, 0.1) is 0 Å². The Bertz CT molecular complexity index is 664. The molecule has 1 atom stereocenters. The summed E-state index contributed by atoms with van der Waals surface area (Å²) in [4.78, 5) is 0. The van der Waals surface area contributed by atoms with E-state index in [0.717, 1.165) is 10.0 Å². The van der Waals surface area contributed by atoms with Gasteiger partial charge in [0.25, 0.3) is 0 Å². The van der Waals surface area contributed by atoms with Crippen LogP contribution in [0.3, 0.4) is 0 Å². The lowest BCUT2D eigenvalue weighted by Gasteiger charge is -2.18. The van der Waals surface area contributed by atoms with Gasteiger partial charge >= 0.3 is 0 Å². The summed E-state index contributed by atoms with van der Waals surface area (Å²) < 4.78 is 6.19. The van der Waals surface area contributed by atoms with Crippen LogP contribution in [0.15, 0.2) is 34.8 Å². The molecule has 0 heterocycles. The summed E-state index contributed by atoms with van der Waals surface area (Å²) in [5.74, 6) is 0.542. The molecular formula is C15H13BrCl3NO. The fourth-order valence-corrected chi connectivity index (χ4v) is 3.10. The number of nitrogens with two attached hydrogens (primary N) is 1. The van der Waals surface area contributed by atoms with Crippen LogP contribution in [0.5, 0.6) is 5.75 Å². The first-order valence-electron chi connectivity index (χ1n) is 6.27. The molecule has 0 aliphatic heterocycles. The first-order valence-corrected chi connectivity index (χ1v) is 8.19. The van der Waals surface area contributed by atoms with Gasteiger partial charge in [-0.05, 0) is 46.1 Å². The van der Waals surface area contributed by atoms with E-state index >= 15 is 0 Å². The SMILES string of the molecule is CCOc1cc(Cl)c(C(N)c2cccc(Br)c2Cl)cc1Cl. The second-order valence-corrected chi connectivity index (χ2v) is 6.40. The van der Waals surface area contributed by atoms with E-state index in [4.69, 9.17) is 45.3 Å². The van der Waals surface area contributed by atoms with Crippen LogP contribution >= 0.6 is 50.7 Å². The molecule has 2 rings (SSSR count). The summed E-state index contributed by atoms with van der Waals surface area (Å²) in [7, 11) is 0. The van der Waals surface area contributed by atoms with Crippen LogP contribution in [0.1, 0.15) is 24.1 Å². The Labute approximate surface area is 147 Å². The van der Waals surface area contributed by atoms with Gasteiger partial charge < -0.3 is 10.5 Å². The van der Waals surface area contributed by atoms with Gasteiger partial charge in [-0.3, -0.25) is 0 Å². The molecule has 0 spiro atoms. The van der Waals surface area contributed by atoms with E-state index < -0.39 is 6.04 Å². The fourth-order valence-electron chi connectivity index (χ4n) is 1.98. The standard InChI is InChI=1S/C15H13BrCl3NO/c1-2-21-13-7-11(17)9(6-12(13)18)15(20)8-4-3-5-10(16)14(8)19/h3-7,15H,2,20H2,1H3. The second kappa shape index (κ2) is 7.21. The normalized spacial score (nSPS) is 12.3. The van der Waals surface area contributed by atoms with Crippen LogP contribution in [0.4, 0.5) is 0 Å². The molecule has 2 nitrogen and oxygen atoms in total. The topological polar surface area (TPSA) is 35.2 Å². The highest BCUT2D eigenvalue weighted by atomic mass is 79.9. The minimum absolute atomic E-state index is 0.470. The number of rotatable bonds is 4. The zero-order chi connectivity index (χ0) is 15.6. The van der Waals surface area contributed by atoms with Crippen molar-refractivity contribution in [2.24, 2.45) is 5.73 Å². The molecule has 2 N–H and O–H groups in total. The maximum Gasteiger partial charge on any atom is 0.139 e. The van der Waals surface area contributed by atoms with Gasteiger partial charge in [-0.1, -0.05) is 46.9 Å². The van der Waals surface area contributed by atoms with E-state index in [2.05, 4.69) is 15.9 Å². The average Bonchev–Trinajstić information content (AvgIpc) is 2.45. The van der Waals surface area contributed by atoms with Crippen molar-refractivity contribution < 1.29 is 4.74 Å². The molecule has 0 saturated heterocycles. The molecule has 0 aromatic heterocycles. The van der Waals surface area contributed by atoms with Crippen molar-refractivity contribution in [1.82, 2.24) is 0 Å². The summed E-state index contributed by atoms with van der Waals surface area (Å²) in [5, 5.41) is 1.52. The van der Waals surface area contributed by atoms with Crippen molar-refractivity contribution >= 4 is 50.7 Å². The second-order valence-electron chi connectivity index (χ2n) is 4.36. The summed E-state index contributed by atoms with van der Waals surface area (Å²) in [6, 6.07) is 8.50. The average molecular weight is 410 g/mol. The Morgan fingerprint density at radius 3 is 2.52 bits per heavy atom. The smallest absolute Gasteiger partial charge is 0.139 e. The molecule has 0 aliphatic carbocycles. The summed E-state index contributed by atoms with van der Waals surface area (Å²) in [6.45, 7) is 2.39. The summed E-state index contributed by atoms with van der Waals surface area (Å²) in [5.41, 5.74) is 7.76. The van der Waals surface area contributed by atoms with E-state index in [-0.39, 0.29) is 0 Å². The Balaban J connectivity index is 2.46. The van der Waals surface area contributed by atoms with Crippen molar-refractivity contribution in [3.8, 4) is 5.75 Å². The van der Waals surface area contributed by atoms with Gasteiger partial charge in [0.1, 0.15) is 5.75 Å². The van der Waals surface area contributed by atoms with Gasteiger partial charge in [0, 0.05) is 15.6 Å². The molecule has 6 heteroatoms. The molecule has 1 unspecified atom stereocenters. The van der Waals surface area contributed by atoms with E-state index in [0.29, 0.717) is 33.0 Å². The molecule has 21 heavy (non-hydrogen) atoms. The summed E-state index contributed by atoms with van der Waals surface area (Å²) in [6.07, 6.45) is 0. The molecule has 0 bridgehead atoms. The molecule has 2 aromatic carbocycles. The third-order valence-corrected chi connectivity index (χ3v) is 4.94. The number of hydrogen-bond donors (Lipinski definition) is 1. The van der Waals surface area contributed by atoms with Crippen molar-refractivity contribution in [3.05, 3.63) is 61.0 Å². The molecule has 0 fully saturated rings. The fraction of sp³-hybridized carbons (Fsp3) is 0.200. The van der Waals surface area contributed by atoms with Crippen molar-refractivity contribution in [1.29, 1.82) is 0 Å². The molecule has 0 aliphatic rings. The van der Waals surface area contributed by atoms with E-state index in [1.807, 2.05) is 25.1 Å². The largest absolute Gasteiger partial charge is 0.492 e. The Kier molecular flexibility index (Phi) is 5.81. The van der Waals surface area contributed by atoms with Crippen LogP contribution < -0.4 is 10.5 Å². The minimum Gasteiger partial charge on any atom is -0.492 e. The van der Waals surface area contributed by atoms with Crippen LogP contribution in [0.25, 0.3) is 0 Å². The van der Waals surface area contributed by atoms with Gasteiger partial charge in [0.05, 0.1) is 22.7 Å². The molecule has 112 valence electrons. The van der Waals surface area contributed by atoms with Gasteiger partial charge in [-0.15, -0.1) is 0 Å². The lowest BCUT2D eigenvalue weighted by molar-refractivity contribution is 0.340.